The monoisotopic (exact) mass is 273 g/mol. The number of hydrogen-bond donors (Lipinski definition) is 0. The number of aliphatic imine (C=N–C) groups is 1. The summed E-state index contributed by atoms with van der Waals surface area (Å²) in [7, 11) is 1.82. The van der Waals surface area contributed by atoms with Crippen molar-refractivity contribution < 1.29 is 0 Å². The molecule has 2 aromatic carbocycles. The zero-order valence-electron chi connectivity index (χ0n) is 12.3. The molecular weight excluding hydrogens is 254 g/mol. The molecule has 5 rings (SSSR count). The van der Waals surface area contributed by atoms with Crippen LogP contribution in [0.4, 0.5) is 0 Å². The average molecular weight is 273 g/mol. The van der Waals surface area contributed by atoms with Gasteiger partial charge in [0.1, 0.15) is 0 Å². The summed E-state index contributed by atoms with van der Waals surface area (Å²) in [5.74, 6) is 0.576. The number of allylic oxidation sites excluding steroid dienone is 2. The van der Waals surface area contributed by atoms with Crippen molar-refractivity contribution in [2.45, 2.75) is 24.2 Å². The Hall–Kier alpha value is -2.15. The third-order valence-corrected chi connectivity index (χ3v) is 5.08. The molecule has 1 nitrogen and oxygen atoms in total. The molecule has 0 unspecified atom stereocenters. The zero-order valence-corrected chi connectivity index (χ0v) is 12.3. The van der Waals surface area contributed by atoms with Crippen molar-refractivity contribution in [3.05, 3.63) is 82.9 Å². The Bertz CT molecular complexity index is 692. The number of nitrogens with zero attached hydrogens (tertiary/aromatic N) is 1. The second-order valence-corrected chi connectivity index (χ2v) is 6.00. The molecule has 0 spiro atoms. The summed E-state index contributed by atoms with van der Waals surface area (Å²) >= 11 is 0. The van der Waals surface area contributed by atoms with E-state index in [4.69, 9.17) is 0 Å². The highest BCUT2D eigenvalue weighted by Crippen LogP contribution is 2.56. The molecule has 0 radical (unpaired) electrons. The highest BCUT2D eigenvalue weighted by Gasteiger charge is 2.46. The van der Waals surface area contributed by atoms with Crippen LogP contribution in [0.5, 0.6) is 0 Å². The molecule has 0 aromatic heterocycles. The molecule has 0 heterocycles. The smallest absolute Gasteiger partial charge is 0.0391 e. The Labute approximate surface area is 126 Å². The van der Waals surface area contributed by atoms with Crippen LogP contribution in [0, 0.1) is 0 Å². The van der Waals surface area contributed by atoms with Crippen molar-refractivity contribution in [1.29, 1.82) is 0 Å². The van der Waals surface area contributed by atoms with Gasteiger partial charge in [0, 0.05) is 24.6 Å². The summed E-state index contributed by atoms with van der Waals surface area (Å²) in [6.45, 7) is 0. The van der Waals surface area contributed by atoms with E-state index in [1.165, 1.54) is 35.1 Å². The molecule has 104 valence electrons. The molecule has 0 fully saturated rings. The minimum atomic E-state index is 0.0309. The Morgan fingerprint density at radius 3 is 2.24 bits per heavy atom. The van der Waals surface area contributed by atoms with Crippen molar-refractivity contribution >= 4 is 6.21 Å². The van der Waals surface area contributed by atoms with Crippen molar-refractivity contribution in [2.75, 3.05) is 7.05 Å². The van der Waals surface area contributed by atoms with Crippen LogP contribution >= 0.6 is 0 Å². The summed E-state index contributed by atoms with van der Waals surface area (Å²) < 4.78 is 0. The largest absolute Gasteiger partial charge is 0.297 e. The summed E-state index contributed by atoms with van der Waals surface area (Å²) in [6.07, 6.45) is 8.79. The molecule has 0 saturated carbocycles. The van der Waals surface area contributed by atoms with E-state index < -0.39 is 0 Å². The molecule has 0 amide bonds. The van der Waals surface area contributed by atoms with E-state index in [1.54, 1.807) is 0 Å². The highest BCUT2D eigenvalue weighted by atomic mass is 14.6. The standard InChI is InChI=1S/C20H19N/c1-21-14-6-12-20-13-11-15(16-7-2-4-9-18(16)20)17-8-3-5-10-19(17)20/h2-10,12,14-15H,11,13H2,1H3. The predicted octanol–water partition coefficient (Wildman–Crippen LogP) is 4.47. The van der Waals surface area contributed by atoms with Gasteiger partial charge in [0.15, 0.2) is 0 Å². The first-order valence-electron chi connectivity index (χ1n) is 7.65. The van der Waals surface area contributed by atoms with Gasteiger partial charge in [-0.15, -0.1) is 0 Å². The molecule has 0 atom stereocenters. The van der Waals surface area contributed by atoms with Gasteiger partial charge < -0.3 is 0 Å². The van der Waals surface area contributed by atoms with Gasteiger partial charge in [-0.3, -0.25) is 4.99 Å². The third-order valence-electron chi connectivity index (χ3n) is 5.08. The SMILES string of the molecule is CN=CC=CC12CCC(c3ccccc31)c1ccccc12. The number of rotatable bonds is 2. The van der Waals surface area contributed by atoms with Gasteiger partial charge in [0.05, 0.1) is 0 Å². The van der Waals surface area contributed by atoms with Crippen LogP contribution in [-0.4, -0.2) is 13.3 Å². The highest BCUT2D eigenvalue weighted by molar-refractivity contribution is 5.73. The second-order valence-electron chi connectivity index (χ2n) is 6.00. The topological polar surface area (TPSA) is 12.4 Å². The van der Waals surface area contributed by atoms with Crippen LogP contribution < -0.4 is 0 Å². The first-order chi connectivity index (χ1) is 10.4. The van der Waals surface area contributed by atoms with Gasteiger partial charge >= 0.3 is 0 Å². The molecule has 0 saturated heterocycles. The van der Waals surface area contributed by atoms with E-state index in [-0.39, 0.29) is 5.41 Å². The van der Waals surface area contributed by atoms with Crippen LogP contribution in [0.25, 0.3) is 0 Å². The summed E-state index contributed by atoms with van der Waals surface area (Å²) in [6, 6.07) is 17.9. The maximum Gasteiger partial charge on any atom is 0.0391 e. The number of fused-ring (bicyclic) bond motifs is 1. The Morgan fingerprint density at radius 2 is 1.62 bits per heavy atom. The fraction of sp³-hybridized carbons (Fsp3) is 0.250. The Balaban J connectivity index is 2.01. The minimum Gasteiger partial charge on any atom is -0.297 e. The molecule has 0 N–H and O–H groups in total. The van der Waals surface area contributed by atoms with Crippen LogP contribution in [0.2, 0.25) is 0 Å². The minimum absolute atomic E-state index is 0.0309. The van der Waals surface area contributed by atoms with E-state index in [2.05, 4.69) is 65.7 Å². The van der Waals surface area contributed by atoms with Gasteiger partial charge in [0.2, 0.25) is 0 Å². The summed E-state index contributed by atoms with van der Waals surface area (Å²) in [5, 5.41) is 0. The normalized spacial score (nSPS) is 26.2. The molecule has 2 aromatic rings. The quantitative estimate of drug-likeness (QED) is 0.716. The molecule has 2 bridgehead atoms. The lowest BCUT2D eigenvalue weighted by Crippen LogP contribution is -2.38. The molecule has 3 aliphatic rings. The van der Waals surface area contributed by atoms with Crippen LogP contribution in [-0.2, 0) is 5.41 Å². The fourth-order valence-corrected chi connectivity index (χ4v) is 4.24. The number of benzene rings is 2. The number of hydrogen-bond acceptors (Lipinski definition) is 1. The van der Waals surface area contributed by atoms with Crippen LogP contribution in [0.15, 0.2) is 65.7 Å². The molecule has 0 aliphatic heterocycles. The lowest BCUT2D eigenvalue weighted by Gasteiger charge is -2.48. The van der Waals surface area contributed by atoms with Crippen LogP contribution in [0.3, 0.4) is 0 Å². The summed E-state index contributed by atoms with van der Waals surface area (Å²) in [4.78, 5) is 4.10. The van der Waals surface area contributed by atoms with E-state index in [0.29, 0.717) is 5.92 Å². The van der Waals surface area contributed by atoms with E-state index in [0.717, 1.165) is 0 Å². The maximum atomic E-state index is 4.10. The molecular formula is C20H19N. The van der Waals surface area contributed by atoms with Crippen molar-refractivity contribution in [3.63, 3.8) is 0 Å². The van der Waals surface area contributed by atoms with Gasteiger partial charge in [-0.1, -0.05) is 54.6 Å². The average Bonchev–Trinajstić information content (AvgIpc) is 2.56. The molecule has 3 aliphatic carbocycles. The fourth-order valence-electron chi connectivity index (χ4n) is 4.24. The first-order valence-corrected chi connectivity index (χ1v) is 7.65. The first kappa shape index (κ1) is 12.6. The van der Waals surface area contributed by atoms with Crippen molar-refractivity contribution in [3.8, 4) is 0 Å². The van der Waals surface area contributed by atoms with Gasteiger partial charge in [-0.25, -0.2) is 0 Å². The van der Waals surface area contributed by atoms with Crippen molar-refractivity contribution in [1.82, 2.24) is 0 Å². The zero-order chi connectivity index (χ0) is 14.3. The second kappa shape index (κ2) is 4.70. The van der Waals surface area contributed by atoms with Crippen LogP contribution in [0.1, 0.15) is 41.0 Å². The van der Waals surface area contributed by atoms with Gasteiger partial charge in [-0.05, 0) is 41.2 Å². The molecule has 21 heavy (non-hydrogen) atoms. The Kier molecular flexibility index (Phi) is 2.81. The Morgan fingerprint density at radius 1 is 1.00 bits per heavy atom. The molecule has 1 heteroatoms. The van der Waals surface area contributed by atoms with E-state index in [9.17, 15) is 0 Å². The maximum absolute atomic E-state index is 4.10. The van der Waals surface area contributed by atoms with Gasteiger partial charge in [0.25, 0.3) is 0 Å². The predicted molar refractivity (Wildman–Crippen MR) is 88.3 cm³/mol. The lowest BCUT2D eigenvalue weighted by molar-refractivity contribution is 0.439. The van der Waals surface area contributed by atoms with E-state index >= 15 is 0 Å². The third kappa shape index (κ3) is 1.67. The van der Waals surface area contributed by atoms with E-state index in [1.807, 2.05) is 13.3 Å². The van der Waals surface area contributed by atoms with Crippen molar-refractivity contribution in [2.24, 2.45) is 4.99 Å². The van der Waals surface area contributed by atoms with Gasteiger partial charge in [-0.2, -0.15) is 0 Å². The summed E-state index contributed by atoms with van der Waals surface area (Å²) in [5.41, 5.74) is 6.03. The lowest BCUT2D eigenvalue weighted by atomic mass is 9.55.